The van der Waals surface area contributed by atoms with Gasteiger partial charge >= 0.3 is 7.12 Å². The lowest BCUT2D eigenvalue weighted by Gasteiger charge is -2.43. The minimum Gasteiger partial charge on any atom is -0.507 e. The molecule has 200 valence electrons. The summed E-state index contributed by atoms with van der Waals surface area (Å²) in [6.45, 7) is 2.53. The summed E-state index contributed by atoms with van der Waals surface area (Å²) in [5, 5.41) is 22.8. The molecule has 0 aromatic heterocycles. The van der Waals surface area contributed by atoms with E-state index in [1.54, 1.807) is 20.2 Å². The molecular weight excluding hydrogens is 481 g/mol. The first-order chi connectivity index (χ1) is 18.3. The van der Waals surface area contributed by atoms with Crippen LogP contribution in [0.25, 0.3) is 16.8 Å². The summed E-state index contributed by atoms with van der Waals surface area (Å²) in [5.74, 6) is -1.09. The van der Waals surface area contributed by atoms with Crippen molar-refractivity contribution in [2.45, 2.75) is 51.5 Å². The van der Waals surface area contributed by atoms with Gasteiger partial charge in [0.25, 0.3) is 0 Å². The highest BCUT2D eigenvalue weighted by Crippen LogP contribution is 2.50. The molecule has 3 aliphatic rings. The fraction of sp³-hybridized carbons (Fsp3) is 0.467. The molecule has 4 atom stereocenters. The van der Waals surface area contributed by atoms with Crippen molar-refractivity contribution in [2.75, 3.05) is 20.8 Å². The molecule has 2 amide bonds. The highest BCUT2D eigenvalue weighted by Gasteiger charge is 2.56. The summed E-state index contributed by atoms with van der Waals surface area (Å²) in [7, 11) is 2.21. The minimum atomic E-state index is -0.982. The molecule has 7 nitrogen and oxygen atoms in total. The topological polar surface area (TPSA) is 96.3 Å². The number of nitrogens with zero attached hydrogens (tertiary/aromatic N) is 1. The number of carbonyl (C=O) groups is 2. The first-order valence-corrected chi connectivity index (χ1v) is 13.6. The van der Waals surface area contributed by atoms with Gasteiger partial charge in [-0.15, -0.1) is 0 Å². The van der Waals surface area contributed by atoms with Crippen molar-refractivity contribution in [1.29, 1.82) is 0 Å². The molecule has 2 aromatic carbocycles. The number of hydrogen-bond acceptors (Lipinski definition) is 6. The third-order valence-corrected chi connectivity index (χ3v) is 8.44. The van der Waals surface area contributed by atoms with Crippen molar-refractivity contribution >= 4 is 35.8 Å². The normalized spacial score (nSPS) is 25.8. The zero-order valence-electron chi connectivity index (χ0n) is 22.4. The van der Waals surface area contributed by atoms with E-state index >= 15 is 0 Å². The van der Waals surface area contributed by atoms with Crippen LogP contribution in [0.4, 0.5) is 0 Å². The molecule has 2 saturated heterocycles. The molecular formula is C30H36BNO6. The second-order valence-corrected chi connectivity index (χ2v) is 10.8. The van der Waals surface area contributed by atoms with Crippen LogP contribution in [-0.2, 0) is 19.0 Å². The zero-order chi connectivity index (χ0) is 27.0. The second-order valence-electron chi connectivity index (χ2n) is 10.8. The second kappa shape index (κ2) is 11.0. The summed E-state index contributed by atoms with van der Waals surface area (Å²) < 4.78 is 11.6. The largest absolute Gasteiger partial charge is 0.507 e. The average Bonchev–Trinajstić information content (AvgIpc) is 3.12. The van der Waals surface area contributed by atoms with Gasteiger partial charge in [-0.1, -0.05) is 55.3 Å². The van der Waals surface area contributed by atoms with Gasteiger partial charge in [-0.2, -0.15) is 0 Å². The van der Waals surface area contributed by atoms with Gasteiger partial charge in [-0.3, -0.25) is 14.5 Å². The Morgan fingerprint density at radius 3 is 2.63 bits per heavy atom. The molecule has 2 N–H and O–H groups in total. The van der Waals surface area contributed by atoms with E-state index in [0.29, 0.717) is 25.8 Å². The van der Waals surface area contributed by atoms with Crippen LogP contribution in [0.3, 0.4) is 0 Å². The van der Waals surface area contributed by atoms with Gasteiger partial charge in [0.05, 0.1) is 24.5 Å². The Bertz CT molecular complexity index is 1300. The molecule has 2 fully saturated rings. The number of amides is 2. The van der Waals surface area contributed by atoms with Gasteiger partial charge in [0.15, 0.2) is 0 Å². The summed E-state index contributed by atoms with van der Waals surface area (Å²) in [6, 6.07) is 11.5. The molecule has 0 bridgehead atoms. The standard InChI is InChI=1S/C30H36BNO6/c1-4-7-18(14-19-11-12-25(33)22-9-6-5-8-21(19)22)10-13-26-27-20(17-37-3)15-23-28(24(27)16-31(36)38-26)30(35)32(2)29(23)34/h5-6,8-9,11-12,14,23-24,26,28,33,36H,4,7,10,13,15-17H2,1-3H3/b18-14+/t23-,24+,26-,28-/m1/s1. The Hall–Kier alpha value is -2.94. The molecule has 1 aliphatic carbocycles. The highest BCUT2D eigenvalue weighted by molar-refractivity contribution is 6.43. The van der Waals surface area contributed by atoms with Crippen molar-refractivity contribution < 1.29 is 29.1 Å². The van der Waals surface area contributed by atoms with Gasteiger partial charge in [0, 0.05) is 19.5 Å². The van der Waals surface area contributed by atoms with E-state index in [1.807, 2.05) is 30.3 Å². The lowest BCUT2D eigenvalue weighted by Crippen LogP contribution is -2.46. The van der Waals surface area contributed by atoms with E-state index in [-0.39, 0.29) is 29.6 Å². The molecule has 38 heavy (non-hydrogen) atoms. The van der Waals surface area contributed by atoms with E-state index < -0.39 is 19.0 Å². The summed E-state index contributed by atoms with van der Waals surface area (Å²) in [5.41, 5.74) is 4.39. The number of methoxy groups -OCH3 is 1. The fourth-order valence-electron chi connectivity index (χ4n) is 6.79. The number of benzene rings is 2. The SMILES string of the molecule is CCC/C(=C\c1ccc(O)c2ccccc12)CC[C@H]1OB(O)C[C@H]2C1=C(COC)C[C@H]1C(=O)N(C)C(=O)[C@H]12. The van der Waals surface area contributed by atoms with Crippen LogP contribution in [0.2, 0.25) is 6.32 Å². The molecule has 0 unspecified atom stereocenters. The smallest absolute Gasteiger partial charge is 0.455 e. The summed E-state index contributed by atoms with van der Waals surface area (Å²) >= 11 is 0. The Kier molecular flexibility index (Phi) is 7.75. The molecule has 2 aromatic rings. The van der Waals surface area contributed by atoms with Gasteiger partial charge in [0.1, 0.15) is 5.75 Å². The molecule has 0 saturated carbocycles. The van der Waals surface area contributed by atoms with Crippen molar-refractivity contribution in [3.8, 4) is 5.75 Å². The third kappa shape index (κ3) is 4.81. The summed E-state index contributed by atoms with van der Waals surface area (Å²) in [6.07, 6.45) is 5.99. The van der Waals surface area contributed by atoms with E-state index in [2.05, 4.69) is 13.0 Å². The van der Waals surface area contributed by atoms with Crippen molar-refractivity contribution in [1.82, 2.24) is 4.90 Å². The highest BCUT2D eigenvalue weighted by atomic mass is 16.5. The quantitative estimate of drug-likeness (QED) is 0.302. The summed E-state index contributed by atoms with van der Waals surface area (Å²) in [4.78, 5) is 27.2. The fourth-order valence-corrected chi connectivity index (χ4v) is 6.79. The minimum absolute atomic E-state index is 0.139. The molecule has 8 heteroatoms. The monoisotopic (exact) mass is 517 g/mol. The number of allylic oxidation sites excluding steroid dienone is 1. The number of rotatable bonds is 8. The van der Waals surface area contributed by atoms with Gasteiger partial charge in [-0.25, -0.2) is 0 Å². The number of imide groups is 1. The predicted molar refractivity (Wildman–Crippen MR) is 147 cm³/mol. The Morgan fingerprint density at radius 2 is 1.89 bits per heavy atom. The Labute approximate surface area is 224 Å². The first kappa shape index (κ1) is 26.7. The molecule has 0 radical (unpaired) electrons. The maximum absolute atomic E-state index is 13.1. The number of fused-ring (bicyclic) bond motifs is 4. The predicted octanol–water partition coefficient (Wildman–Crippen LogP) is 4.58. The first-order valence-electron chi connectivity index (χ1n) is 13.6. The van der Waals surface area contributed by atoms with Crippen molar-refractivity contribution in [3.05, 3.63) is 58.7 Å². The number of ether oxygens (including phenoxy) is 1. The maximum Gasteiger partial charge on any atom is 0.455 e. The number of phenols is 1. The van der Waals surface area contributed by atoms with Crippen LogP contribution in [0, 0.1) is 17.8 Å². The van der Waals surface area contributed by atoms with E-state index in [4.69, 9.17) is 9.39 Å². The lowest BCUT2D eigenvalue weighted by molar-refractivity contribution is -0.138. The van der Waals surface area contributed by atoms with E-state index in [0.717, 1.165) is 46.7 Å². The molecule has 5 rings (SSSR count). The average molecular weight is 517 g/mol. The number of aromatic hydroxyl groups is 1. The molecule has 2 aliphatic heterocycles. The van der Waals surface area contributed by atoms with Crippen LogP contribution < -0.4 is 0 Å². The number of phenolic OH excluding ortho intramolecular Hbond substituents is 1. The number of likely N-dealkylation sites (tertiary alicyclic amines) is 1. The van der Waals surface area contributed by atoms with Crippen LogP contribution >= 0.6 is 0 Å². The Balaban J connectivity index is 1.45. The van der Waals surface area contributed by atoms with Crippen molar-refractivity contribution in [3.63, 3.8) is 0 Å². The van der Waals surface area contributed by atoms with Crippen LogP contribution in [0.15, 0.2) is 53.1 Å². The number of hydrogen-bond donors (Lipinski definition) is 2. The van der Waals surface area contributed by atoms with E-state index in [9.17, 15) is 19.7 Å². The Morgan fingerprint density at radius 1 is 1.13 bits per heavy atom. The van der Waals surface area contributed by atoms with Gasteiger partial charge in [0.2, 0.25) is 11.8 Å². The van der Waals surface area contributed by atoms with Gasteiger partial charge < -0.3 is 19.5 Å². The van der Waals surface area contributed by atoms with Crippen LogP contribution in [-0.4, -0.2) is 60.8 Å². The molecule has 2 heterocycles. The molecule has 0 spiro atoms. The third-order valence-electron chi connectivity index (χ3n) is 8.44. The zero-order valence-corrected chi connectivity index (χ0v) is 22.4. The van der Waals surface area contributed by atoms with Crippen molar-refractivity contribution in [2.24, 2.45) is 17.8 Å². The van der Waals surface area contributed by atoms with Gasteiger partial charge in [-0.05, 0) is 66.1 Å². The van der Waals surface area contributed by atoms with Crippen LogP contribution in [0.5, 0.6) is 5.75 Å². The lowest BCUT2D eigenvalue weighted by atomic mass is 9.58. The van der Waals surface area contributed by atoms with E-state index in [1.165, 1.54) is 10.5 Å². The number of carbonyl (C=O) groups excluding carboxylic acids is 2. The van der Waals surface area contributed by atoms with Crippen LogP contribution in [0.1, 0.15) is 44.6 Å². The maximum atomic E-state index is 13.1.